The van der Waals surface area contributed by atoms with Crippen LogP contribution in [0, 0.1) is 6.92 Å². The minimum absolute atomic E-state index is 0.146. The minimum Gasteiger partial charge on any atom is -0.492 e. The Bertz CT molecular complexity index is 828. The minimum atomic E-state index is -0.146. The molecule has 0 saturated heterocycles. The van der Waals surface area contributed by atoms with Crippen LogP contribution < -0.4 is 10.1 Å². The smallest absolute Gasteiger partial charge is 0.254 e. The maximum Gasteiger partial charge on any atom is 0.254 e. The van der Waals surface area contributed by atoms with Crippen molar-refractivity contribution in [3.05, 3.63) is 83.7 Å². The van der Waals surface area contributed by atoms with Crippen molar-refractivity contribution in [2.24, 2.45) is 0 Å². The molecule has 0 saturated carbocycles. The fourth-order valence-corrected chi connectivity index (χ4v) is 2.48. The van der Waals surface area contributed by atoms with Crippen LogP contribution in [0.3, 0.4) is 0 Å². The lowest BCUT2D eigenvalue weighted by Crippen LogP contribution is -2.27. The molecule has 2 aromatic carbocycles. The molecule has 1 aromatic heterocycles. The number of carbonyl (C=O) groups excluding carboxylic acids is 1. The van der Waals surface area contributed by atoms with E-state index in [0.717, 1.165) is 16.9 Å². The molecular weight excluding hydrogens is 314 g/mol. The molecule has 5 heteroatoms. The van der Waals surface area contributed by atoms with Gasteiger partial charge in [-0.25, -0.2) is 0 Å². The Hall–Kier alpha value is -3.08. The van der Waals surface area contributed by atoms with Gasteiger partial charge < -0.3 is 10.1 Å². The lowest BCUT2D eigenvalue weighted by Gasteiger charge is -2.07. The highest BCUT2D eigenvalue weighted by atomic mass is 16.5. The van der Waals surface area contributed by atoms with E-state index in [0.29, 0.717) is 25.3 Å². The molecule has 0 fully saturated rings. The van der Waals surface area contributed by atoms with Gasteiger partial charge in [-0.3, -0.25) is 9.48 Å². The number of amides is 1. The lowest BCUT2D eigenvalue weighted by atomic mass is 10.2. The lowest BCUT2D eigenvalue weighted by molar-refractivity contribution is 0.0947. The first kappa shape index (κ1) is 16.8. The van der Waals surface area contributed by atoms with Gasteiger partial charge in [-0.15, -0.1) is 0 Å². The van der Waals surface area contributed by atoms with E-state index in [2.05, 4.69) is 10.4 Å². The number of aromatic nitrogens is 2. The predicted octanol–water partition coefficient (Wildman–Crippen LogP) is 3.05. The van der Waals surface area contributed by atoms with Crippen molar-refractivity contribution in [2.75, 3.05) is 13.2 Å². The summed E-state index contributed by atoms with van der Waals surface area (Å²) in [7, 11) is 0. The Kier molecular flexibility index (Phi) is 5.46. The molecule has 0 aliphatic carbocycles. The molecule has 0 radical (unpaired) electrons. The molecule has 0 atom stereocenters. The molecule has 1 heterocycles. The molecule has 1 N–H and O–H groups in total. The van der Waals surface area contributed by atoms with Crippen molar-refractivity contribution in [1.82, 2.24) is 15.1 Å². The van der Waals surface area contributed by atoms with Gasteiger partial charge in [-0.05, 0) is 30.2 Å². The van der Waals surface area contributed by atoms with Crippen LogP contribution in [0.5, 0.6) is 5.75 Å². The monoisotopic (exact) mass is 335 g/mol. The Labute approximate surface area is 147 Å². The van der Waals surface area contributed by atoms with Crippen molar-refractivity contribution in [2.45, 2.75) is 13.5 Å². The normalized spacial score (nSPS) is 10.4. The molecule has 0 aliphatic rings. The summed E-state index contributed by atoms with van der Waals surface area (Å²) in [5.74, 6) is 0.664. The van der Waals surface area contributed by atoms with E-state index in [-0.39, 0.29) is 5.91 Å². The standard InChI is InChI=1S/C20H21N3O2/c1-16-6-5-9-19(12-16)25-11-10-21-20(24)18-13-22-23(15-18)14-17-7-3-2-4-8-17/h2-9,12-13,15H,10-11,14H2,1H3,(H,21,24). The predicted molar refractivity (Wildman–Crippen MR) is 96.8 cm³/mol. The van der Waals surface area contributed by atoms with E-state index in [9.17, 15) is 4.79 Å². The number of ether oxygens (including phenoxy) is 1. The fraction of sp³-hybridized carbons (Fsp3) is 0.200. The third-order valence-electron chi connectivity index (χ3n) is 3.73. The van der Waals surface area contributed by atoms with Gasteiger partial charge in [0.25, 0.3) is 5.91 Å². The maximum absolute atomic E-state index is 12.2. The molecule has 0 spiro atoms. The van der Waals surface area contributed by atoms with Crippen LogP contribution in [0.15, 0.2) is 67.0 Å². The number of rotatable bonds is 7. The molecule has 1 amide bonds. The third kappa shape index (κ3) is 4.94. The zero-order chi connectivity index (χ0) is 17.5. The van der Waals surface area contributed by atoms with Crippen LogP contribution in [-0.4, -0.2) is 28.8 Å². The van der Waals surface area contributed by atoms with Crippen molar-refractivity contribution in [3.8, 4) is 5.75 Å². The molecule has 128 valence electrons. The quantitative estimate of drug-likeness (QED) is 0.675. The number of hydrogen-bond acceptors (Lipinski definition) is 3. The largest absolute Gasteiger partial charge is 0.492 e. The highest BCUT2D eigenvalue weighted by Crippen LogP contribution is 2.11. The summed E-state index contributed by atoms with van der Waals surface area (Å²) in [6.45, 7) is 3.52. The second kappa shape index (κ2) is 8.15. The van der Waals surface area contributed by atoms with Gasteiger partial charge in [-0.1, -0.05) is 42.5 Å². The Balaban J connectivity index is 1.45. The molecule has 5 nitrogen and oxygen atoms in total. The van der Waals surface area contributed by atoms with Gasteiger partial charge in [0.05, 0.1) is 24.8 Å². The molecule has 3 aromatic rings. The zero-order valence-electron chi connectivity index (χ0n) is 14.2. The van der Waals surface area contributed by atoms with Crippen LogP contribution >= 0.6 is 0 Å². The number of nitrogens with one attached hydrogen (secondary N) is 1. The van der Waals surface area contributed by atoms with Gasteiger partial charge in [-0.2, -0.15) is 5.10 Å². The zero-order valence-corrected chi connectivity index (χ0v) is 14.2. The van der Waals surface area contributed by atoms with E-state index in [1.807, 2.05) is 61.5 Å². The first-order chi connectivity index (χ1) is 12.2. The van der Waals surface area contributed by atoms with Gasteiger partial charge >= 0.3 is 0 Å². The molecule has 3 rings (SSSR count). The average Bonchev–Trinajstić information content (AvgIpc) is 3.08. The highest BCUT2D eigenvalue weighted by Gasteiger charge is 2.08. The number of hydrogen-bond donors (Lipinski definition) is 1. The van der Waals surface area contributed by atoms with Gasteiger partial charge in [0.1, 0.15) is 12.4 Å². The average molecular weight is 335 g/mol. The van der Waals surface area contributed by atoms with E-state index in [1.54, 1.807) is 17.1 Å². The topological polar surface area (TPSA) is 56.1 Å². The number of aryl methyl sites for hydroxylation is 1. The second-order valence-electron chi connectivity index (χ2n) is 5.83. The van der Waals surface area contributed by atoms with Crippen LogP contribution in [-0.2, 0) is 6.54 Å². The summed E-state index contributed by atoms with van der Waals surface area (Å²) in [6.07, 6.45) is 3.34. The van der Waals surface area contributed by atoms with E-state index in [1.165, 1.54) is 0 Å². The maximum atomic E-state index is 12.2. The van der Waals surface area contributed by atoms with E-state index < -0.39 is 0 Å². The highest BCUT2D eigenvalue weighted by molar-refractivity contribution is 5.93. The third-order valence-corrected chi connectivity index (χ3v) is 3.73. The fourth-order valence-electron chi connectivity index (χ4n) is 2.48. The second-order valence-corrected chi connectivity index (χ2v) is 5.83. The first-order valence-corrected chi connectivity index (χ1v) is 8.25. The van der Waals surface area contributed by atoms with Crippen molar-refractivity contribution >= 4 is 5.91 Å². The van der Waals surface area contributed by atoms with E-state index >= 15 is 0 Å². The summed E-state index contributed by atoms with van der Waals surface area (Å²) < 4.78 is 7.38. The first-order valence-electron chi connectivity index (χ1n) is 8.25. The van der Waals surface area contributed by atoms with Crippen LogP contribution in [0.1, 0.15) is 21.5 Å². The van der Waals surface area contributed by atoms with Crippen LogP contribution in [0.25, 0.3) is 0 Å². The SMILES string of the molecule is Cc1cccc(OCCNC(=O)c2cnn(Cc3ccccc3)c2)c1. The molecule has 0 unspecified atom stereocenters. The van der Waals surface area contributed by atoms with E-state index in [4.69, 9.17) is 4.74 Å². The summed E-state index contributed by atoms with van der Waals surface area (Å²) >= 11 is 0. The number of benzene rings is 2. The molecule has 0 bridgehead atoms. The van der Waals surface area contributed by atoms with Crippen molar-refractivity contribution in [1.29, 1.82) is 0 Å². The number of nitrogens with zero attached hydrogens (tertiary/aromatic N) is 2. The summed E-state index contributed by atoms with van der Waals surface area (Å²) in [6, 6.07) is 17.9. The summed E-state index contributed by atoms with van der Waals surface area (Å²) in [5.41, 5.74) is 2.84. The Morgan fingerprint density at radius 1 is 1.16 bits per heavy atom. The summed E-state index contributed by atoms with van der Waals surface area (Å²) in [5, 5.41) is 7.09. The summed E-state index contributed by atoms with van der Waals surface area (Å²) in [4.78, 5) is 12.2. The van der Waals surface area contributed by atoms with Gasteiger partial charge in [0.2, 0.25) is 0 Å². The Morgan fingerprint density at radius 3 is 2.80 bits per heavy atom. The van der Waals surface area contributed by atoms with Gasteiger partial charge in [0, 0.05) is 6.20 Å². The Morgan fingerprint density at radius 2 is 2.00 bits per heavy atom. The van der Waals surface area contributed by atoms with Crippen molar-refractivity contribution in [3.63, 3.8) is 0 Å². The molecular formula is C20H21N3O2. The van der Waals surface area contributed by atoms with Gasteiger partial charge in [0.15, 0.2) is 0 Å². The van der Waals surface area contributed by atoms with Crippen LogP contribution in [0.2, 0.25) is 0 Å². The molecule has 0 aliphatic heterocycles. The molecule has 25 heavy (non-hydrogen) atoms. The van der Waals surface area contributed by atoms with Crippen molar-refractivity contribution < 1.29 is 9.53 Å². The number of carbonyl (C=O) groups is 1. The van der Waals surface area contributed by atoms with Crippen LogP contribution in [0.4, 0.5) is 0 Å².